The molecule has 0 bridgehead atoms. The van der Waals surface area contributed by atoms with E-state index in [9.17, 15) is 9.90 Å². The Morgan fingerprint density at radius 1 is 1.44 bits per heavy atom. The molecule has 1 aromatic carbocycles. The molecule has 1 rings (SSSR count). The summed E-state index contributed by atoms with van der Waals surface area (Å²) in [4.78, 5) is 12.1. The van der Waals surface area contributed by atoms with Gasteiger partial charge in [0.1, 0.15) is 5.75 Å². The fourth-order valence-electron chi connectivity index (χ4n) is 1.27. The van der Waals surface area contributed by atoms with Gasteiger partial charge in [-0.25, -0.2) is 4.79 Å². The Kier molecular flexibility index (Phi) is 4.64. The van der Waals surface area contributed by atoms with E-state index in [1.54, 1.807) is 25.3 Å². The fraction of sp³-hybridized carbons (Fsp3) is 0.364. The van der Waals surface area contributed by atoms with Crippen molar-refractivity contribution in [3.63, 3.8) is 0 Å². The summed E-state index contributed by atoms with van der Waals surface area (Å²) < 4.78 is 9.62. The molecule has 0 aliphatic carbocycles. The molecule has 0 aliphatic heterocycles. The number of rotatable bonds is 4. The lowest BCUT2D eigenvalue weighted by Crippen LogP contribution is -2.13. The summed E-state index contributed by atoms with van der Waals surface area (Å²) in [5.74, 6) is -0.0492. The second kappa shape index (κ2) is 5.77. The zero-order valence-corrected chi connectivity index (χ0v) is 10.2. The van der Waals surface area contributed by atoms with Crippen LogP contribution in [0.4, 0.5) is 0 Å². The molecular weight excluding hydrogens is 228 g/mol. The lowest BCUT2D eigenvalue weighted by molar-refractivity contribution is -0.150. The Morgan fingerprint density at radius 3 is 2.62 bits per heavy atom. The third-order valence-corrected chi connectivity index (χ3v) is 2.92. The molecule has 88 valence electrons. The summed E-state index contributed by atoms with van der Waals surface area (Å²) >= 11 is 1.53. The second-order valence-corrected chi connectivity index (χ2v) is 3.89. The molecule has 4 nitrogen and oxygen atoms in total. The van der Waals surface area contributed by atoms with E-state index in [4.69, 9.17) is 4.74 Å². The number of ether oxygens (including phenoxy) is 2. The first-order valence-corrected chi connectivity index (χ1v) is 5.84. The minimum Gasteiger partial charge on any atom is -0.496 e. The third-order valence-electron chi connectivity index (χ3n) is 2.15. The molecule has 0 saturated carbocycles. The first kappa shape index (κ1) is 12.9. The maximum absolute atomic E-state index is 11.1. The SMILES string of the molecule is COC(=O)C(O)c1ccc(SC)c(OC)c1. The van der Waals surface area contributed by atoms with Crippen molar-refractivity contribution in [1.82, 2.24) is 0 Å². The Hall–Kier alpha value is -1.20. The van der Waals surface area contributed by atoms with Crippen molar-refractivity contribution in [3.05, 3.63) is 23.8 Å². The van der Waals surface area contributed by atoms with Gasteiger partial charge in [0.05, 0.1) is 14.2 Å². The molecule has 0 aromatic heterocycles. The van der Waals surface area contributed by atoms with Gasteiger partial charge in [-0.15, -0.1) is 11.8 Å². The van der Waals surface area contributed by atoms with Crippen LogP contribution in [0.15, 0.2) is 23.1 Å². The highest BCUT2D eigenvalue weighted by molar-refractivity contribution is 7.98. The van der Waals surface area contributed by atoms with Crippen molar-refractivity contribution < 1.29 is 19.4 Å². The van der Waals surface area contributed by atoms with Gasteiger partial charge in [0, 0.05) is 4.90 Å². The van der Waals surface area contributed by atoms with Crippen LogP contribution in [0.3, 0.4) is 0 Å². The van der Waals surface area contributed by atoms with Crippen LogP contribution in [0.25, 0.3) is 0 Å². The molecule has 0 amide bonds. The number of hydrogen-bond acceptors (Lipinski definition) is 5. The summed E-state index contributed by atoms with van der Waals surface area (Å²) in [6, 6.07) is 5.11. The number of thioether (sulfide) groups is 1. The average molecular weight is 242 g/mol. The topological polar surface area (TPSA) is 55.8 Å². The summed E-state index contributed by atoms with van der Waals surface area (Å²) in [5, 5.41) is 9.64. The number of benzene rings is 1. The van der Waals surface area contributed by atoms with Gasteiger partial charge < -0.3 is 14.6 Å². The minimum absolute atomic E-state index is 0.460. The summed E-state index contributed by atoms with van der Waals surface area (Å²) in [6.07, 6.45) is 0.656. The Morgan fingerprint density at radius 2 is 2.12 bits per heavy atom. The van der Waals surface area contributed by atoms with Crippen LogP contribution in [-0.2, 0) is 9.53 Å². The van der Waals surface area contributed by atoms with Gasteiger partial charge in [-0.05, 0) is 24.0 Å². The average Bonchev–Trinajstić information content (AvgIpc) is 2.35. The van der Waals surface area contributed by atoms with Crippen molar-refractivity contribution in [1.29, 1.82) is 0 Å². The molecule has 1 atom stereocenters. The van der Waals surface area contributed by atoms with Crippen molar-refractivity contribution in [2.75, 3.05) is 20.5 Å². The normalized spacial score (nSPS) is 12.0. The predicted octanol–water partition coefficient (Wildman–Crippen LogP) is 1.62. The maximum atomic E-state index is 11.1. The van der Waals surface area contributed by atoms with Crippen LogP contribution in [0.5, 0.6) is 5.75 Å². The Balaban J connectivity index is 3.03. The lowest BCUT2D eigenvalue weighted by Gasteiger charge is -2.12. The highest BCUT2D eigenvalue weighted by atomic mass is 32.2. The van der Waals surface area contributed by atoms with E-state index < -0.39 is 12.1 Å². The zero-order valence-electron chi connectivity index (χ0n) is 9.39. The molecule has 0 aliphatic rings. The smallest absolute Gasteiger partial charge is 0.339 e. The van der Waals surface area contributed by atoms with Gasteiger partial charge >= 0.3 is 5.97 Å². The Labute approximate surface area is 98.6 Å². The molecular formula is C11H14O4S. The number of aliphatic hydroxyl groups is 1. The van der Waals surface area contributed by atoms with Gasteiger partial charge in [0.2, 0.25) is 0 Å². The molecule has 0 spiro atoms. The van der Waals surface area contributed by atoms with Crippen LogP contribution in [0, 0.1) is 0 Å². The number of hydrogen-bond donors (Lipinski definition) is 1. The van der Waals surface area contributed by atoms with E-state index in [1.165, 1.54) is 18.9 Å². The molecule has 1 aromatic rings. The highest BCUT2D eigenvalue weighted by Gasteiger charge is 2.19. The number of esters is 1. The van der Waals surface area contributed by atoms with Crippen LogP contribution >= 0.6 is 11.8 Å². The van der Waals surface area contributed by atoms with Crippen LogP contribution < -0.4 is 4.74 Å². The standard InChI is InChI=1S/C11H14O4S/c1-14-8-6-7(4-5-9(8)16-3)10(12)11(13)15-2/h4-6,10,12H,1-3H3. The number of methoxy groups -OCH3 is 2. The van der Waals surface area contributed by atoms with Gasteiger partial charge in [-0.2, -0.15) is 0 Å². The van der Waals surface area contributed by atoms with E-state index in [-0.39, 0.29) is 0 Å². The third kappa shape index (κ3) is 2.68. The quantitative estimate of drug-likeness (QED) is 0.642. The minimum atomic E-state index is -1.27. The summed E-state index contributed by atoms with van der Waals surface area (Å²) in [6.45, 7) is 0. The van der Waals surface area contributed by atoms with Crippen molar-refractivity contribution >= 4 is 17.7 Å². The van der Waals surface area contributed by atoms with E-state index in [1.807, 2.05) is 6.26 Å². The van der Waals surface area contributed by atoms with E-state index >= 15 is 0 Å². The van der Waals surface area contributed by atoms with Gasteiger partial charge in [0.15, 0.2) is 6.10 Å². The van der Waals surface area contributed by atoms with Crippen LogP contribution in [0.2, 0.25) is 0 Å². The second-order valence-electron chi connectivity index (χ2n) is 3.04. The molecule has 1 N–H and O–H groups in total. The van der Waals surface area contributed by atoms with Crippen LogP contribution in [0.1, 0.15) is 11.7 Å². The molecule has 0 saturated heterocycles. The number of carbonyl (C=O) groups is 1. The molecule has 1 unspecified atom stereocenters. The Bertz CT molecular complexity index is 378. The number of carbonyl (C=O) groups excluding carboxylic acids is 1. The monoisotopic (exact) mass is 242 g/mol. The maximum Gasteiger partial charge on any atom is 0.339 e. The molecule has 0 fully saturated rings. The van der Waals surface area contributed by atoms with Crippen LogP contribution in [-0.4, -0.2) is 31.6 Å². The highest BCUT2D eigenvalue weighted by Crippen LogP contribution is 2.30. The molecule has 16 heavy (non-hydrogen) atoms. The number of aliphatic hydroxyl groups excluding tert-OH is 1. The fourth-order valence-corrected chi connectivity index (χ4v) is 1.82. The van der Waals surface area contributed by atoms with Gasteiger partial charge in [-0.3, -0.25) is 0 Å². The largest absolute Gasteiger partial charge is 0.496 e. The first-order chi connectivity index (χ1) is 7.63. The van der Waals surface area contributed by atoms with Gasteiger partial charge in [-0.1, -0.05) is 6.07 Å². The molecule has 0 radical (unpaired) electrons. The zero-order chi connectivity index (χ0) is 12.1. The van der Waals surface area contributed by atoms with Crippen molar-refractivity contribution in [3.8, 4) is 5.75 Å². The van der Waals surface area contributed by atoms with E-state index in [2.05, 4.69) is 4.74 Å². The lowest BCUT2D eigenvalue weighted by atomic mass is 10.1. The van der Waals surface area contributed by atoms with Crippen molar-refractivity contribution in [2.45, 2.75) is 11.0 Å². The van der Waals surface area contributed by atoms with Gasteiger partial charge in [0.25, 0.3) is 0 Å². The predicted molar refractivity (Wildman–Crippen MR) is 61.8 cm³/mol. The first-order valence-electron chi connectivity index (χ1n) is 4.61. The van der Waals surface area contributed by atoms with E-state index in [0.717, 1.165) is 4.90 Å². The molecule has 0 heterocycles. The summed E-state index contributed by atoms with van der Waals surface area (Å²) in [5.41, 5.74) is 0.460. The molecule has 5 heteroatoms. The summed E-state index contributed by atoms with van der Waals surface area (Å²) in [7, 11) is 2.78. The van der Waals surface area contributed by atoms with E-state index in [0.29, 0.717) is 11.3 Å². The van der Waals surface area contributed by atoms with Crippen molar-refractivity contribution in [2.24, 2.45) is 0 Å².